The second-order valence-corrected chi connectivity index (χ2v) is 7.31. The van der Waals surface area contributed by atoms with Crippen LogP contribution >= 0.6 is 0 Å². The molecular formula is C21H23F3N2O4. The van der Waals surface area contributed by atoms with Crippen LogP contribution in [0, 0.1) is 0 Å². The van der Waals surface area contributed by atoms with Gasteiger partial charge in [-0.3, -0.25) is 9.69 Å². The molecule has 1 fully saturated rings. The standard InChI is InChI=1S/C19H22N2O2.C2HF3O2/c1-2-21-17-8-4-3-7-16(17)19(18(21)22)9-11-20(12-10-19)14-15-6-5-13-23-15;3-2(4,5)1(6)7/h3-8,13H,2,9-12,14H2,1H3;(H,6,7). The lowest BCUT2D eigenvalue weighted by atomic mass is 9.73. The van der Waals surface area contributed by atoms with Crippen LogP contribution in [-0.4, -0.2) is 47.7 Å². The van der Waals surface area contributed by atoms with Gasteiger partial charge in [-0.1, -0.05) is 18.2 Å². The predicted molar refractivity (Wildman–Crippen MR) is 103 cm³/mol. The van der Waals surface area contributed by atoms with Crippen molar-refractivity contribution in [3.8, 4) is 0 Å². The highest BCUT2D eigenvalue weighted by molar-refractivity contribution is 6.08. The number of likely N-dealkylation sites (N-methyl/N-ethyl adjacent to an activating group) is 1. The van der Waals surface area contributed by atoms with Crippen molar-refractivity contribution in [1.29, 1.82) is 0 Å². The van der Waals surface area contributed by atoms with Crippen LogP contribution in [0.2, 0.25) is 0 Å². The Labute approximate surface area is 171 Å². The predicted octanol–water partition coefficient (Wildman–Crippen LogP) is 3.81. The monoisotopic (exact) mass is 424 g/mol. The van der Waals surface area contributed by atoms with E-state index in [1.54, 1.807) is 6.26 Å². The maximum Gasteiger partial charge on any atom is 0.490 e. The van der Waals surface area contributed by atoms with Crippen molar-refractivity contribution in [2.75, 3.05) is 24.5 Å². The molecule has 9 heteroatoms. The maximum atomic E-state index is 13.1. The van der Waals surface area contributed by atoms with Gasteiger partial charge in [0.25, 0.3) is 0 Å². The van der Waals surface area contributed by atoms with Crippen molar-refractivity contribution in [2.24, 2.45) is 0 Å². The van der Waals surface area contributed by atoms with Gasteiger partial charge >= 0.3 is 12.1 Å². The van der Waals surface area contributed by atoms with Gasteiger partial charge < -0.3 is 14.4 Å². The number of carbonyl (C=O) groups is 2. The third-order valence-corrected chi connectivity index (χ3v) is 5.59. The number of hydrogen-bond acceptors (Lipinski definition) is 4. The first-order valence-corrected chi connectivity index (χ1v) is 9.65. The van der Waals surface area contributed by atoms with Gasteiger partial charge in [0.2, 0.25) is 5.91 Å². The summed E-state index contributed by atoms with van der Waals surface area (Å²) in [5.74, 6) is -1.47. The molecule has 2 aliphatic rings. The van der Waals surface area contributed by atoms with Gasteiger partial charge in [0, 0.05) is 12.2 Å². The average Bonchev–Trinajstić information content (AvgIpc) is 3.29. The number of anilines is 1. The molecule has 1 spiro atoms. The Morgan fingerprint density at radius 3 is 2.33 bits per heavy atom. The zero-order valence-corrected chi connectivity index (χ0v) is 16.5. The van der Waals surface area contributed by atoms with Crippen molar-refractivity contribution < 1.29 is 32.3 Å². The second kappa shape index (κ2) is 8.51. The number of para-hydroxylation sites is 1. The normalized spacial score (nSPS) is 18.1. The Kier molecular flexibility index (Phi) is 6.21. The summed E-state index contributed by atoms with van der Waals surface area (Å²) in [6.45, 7) is 5.49. The summed E-state index contributed by atoms with van der Waals surface area (Å²) >= 11 is 0. The van der Waals surface area contributed by atoms with Crippen molar-refractivity contribution in [3.63, 3.8) is 0 Å². The number of halogens is 3. The van der Waals surface area contributed by atoms with Gasteiger partial charge in [-0.25, -0.2) is 4.79 Å². The topological polar surface area (TPSA) is 74.0 Å². The third-order valence-electron chi connectivity index (χ3n) is 5.59. The highest BCUT2D eigenvalue weighted by Crippen LogP contribution is 2.47. The first-order valence-electron chi connectivity index (χ1n) is 9.65. The van der Waals surface area contributed by atoms with E-state index in [4.69, 9.17) is 14.3 Å². The number of rotatable bonds is 3. The number of amides is 1. The van der Waals surface area contributed by atoms with Crippen LogP contribution in [0.4, 0.5) is 18.9 Å². The van der Waals surface area contributed by atoms with E-state index in [2.05, 4.69) is 30.0 Å². The molecule has 1 N–H and O–H groups in total. The van der Waals surface area contributed by atoms with Crippen LogP contribution in [-0.2, 0) is 21.5 Å². The van der Waals surface area contributed by atoms with Gasteiger partial charge in [0.05, 0.1) is 18.2 Å². The van der Waals surface area contributed by atoms with E-state index < -0.39 is 12.1 Å². The first kappa shape index (κ1) is 21.9. The number of likely N-dealkylation sites (tertiary alicyclic amines) is 1. The maximum absolute atomic E-state index is 13.1. The molecule has 0 radical (unpaired) electrons. The van der Waals surface area contributed by atoms with E-state index in [1.165, 1.54) is 5.56 Å². The molecule has 0 unspecified atom stereocenters. The minimum absolute atomic E-state index is 0.291. The Hall–Kier alpha value is -2.81. The Morgan fingerprint density at radius 1 is 1.17 bits per heavy atom. The lowest BCUT2D eigenvalue weighted by molar-refractivity contribution is -0.192. The summed E-state index contributed by atoms with van der Waals surface area (Å²) in [7, 11) is 0. The van der Waals surface area contributed by atoms with Gasteiger partial charge in [-0.2, -0.15) is 13.2 Å². The van der Waals surface area contributed by atoms with Gasteiger partial charge in [0.15, 0.2) is 0 Å². The largest absolute Gasteiger partial charge is 0.490 e. The minimum Gasteiger partial charge on any atom is -0.475 e. The fraction of sp³-hybridized carbons (Fsp3) is 0.429. The summed E-state index contributed by atoms with van der Waals surface area (Å²) in [6, 6.07) is 12.3. The molecular weight excluding hydrogens is 401 g/mol. The number of fused-ring (bicyclic) bond motifs is 2. The molecule has 0 bridgehead atoms. The summed E-state index contributed by atoms with van der Waals surface area (Å²) in [5, 5.41) is 7.12. The van der Waals surface area contributed by atoms with E-state index in [1.807, 2.05) is 23.1 Å². The van der Waals surface area contributed by atoms with E-state index in [0.717, 1.165) is 50.5 Å². The molecule has 1 saturated heterocycles. The van der Waals surface area contributed by atoms with E-state index in [9.17, 15) is 18.0 Å². The summed E-state index contributed by atoms with van der Waals surface area (Å²) in [4.78, 5) is 26.3. The molecule has 0 aliphatic carbocycles. The Bertz CT molecular complexity index is 888. The molecule has 3 heterocycles. The van der Waals surface area contributed by atoms with Gasteiger partial charge in [-0.05, 0) is 56.6 Å². The van der Waals surface area contributed by atoms with E-state index in [-0.39, 0.29) is 5.41 Å². The molecule has 2 aliphatic heterocycles. The molecule has 0 atom stereocenters. The average molecular weight is 424 g/mol. The van der Waals surface area contributed by atoms with Crippen molar-refractivity contribution in [1.82, 2.24) is 4.90 Å². The van der Waals surface area contributed by atoms with Crippen LogP contribution in [0.15, 0.2) is 47.1 Å². The zero-order chi connectivity index (χ0) is 21.9. The number of benzene rings is 1. The number of carboxylic acids is 1. The fourth-order valence-corrected chi connectivity index (χ4v) is 4.11. The number of furan rings is 1. The smallest absolute Gasteiger partial charge is 0.475 e. The van der Waals surface area contributed by atoms with Crippen LogP contribution in [0.1, 0.15) is 31.1 Å². The number of carbonyl (C=O) groups excluding carboxylic acids is 1. The number of nitrogens with zero attached hydrogens (tertiary/aromatic N) is 2. The molecule has 0 saturated carbocycles. The van der Waals surface area contributed by atoms with Crippen LogP contribution in [0.5, 0.6) is 0 Å². The minimum atomic E-state index is -5.08. The summed E-state index contributed by atoms with van der Waals surface area (Å²) < 4.78 is 37.2. The summed E-state index contributed by atoms with van der Waals surface area (Å²) in [6.07, 6.45) is -1.59. The number of alkyl halides is 3. The zero-order valence-electron chi connectivity index (χ0n) is 16.5. The molecule has 1 amide bonds. The van der Waals surface area contributed by atoms with E-state index >= 15 is 0 Å². The molecule has 162 valence electrons. The highest BCUT2D eigenvalue weighted by Gasteiger charge is 2.51. The molecule has 30 heavy (non-hydrogen) atoms. The van der Waals surface area contributed by atoms with Crippen LogP contribution < -0.4 is 4.90 Å². The van der Waals surface area contributed by atoms with Crippen molar-refractivity contribution in [2.45, 2.75) is 37.9 Å². The Balaban J connectivity index is 0.000000318. The molecule has 2 aromatic rings. The lowest BCUT2D eigenvalue weighted by Crippen LogP contribution is -2.48. The molecule has 1 aromatic heterocycles. The van der Waals surface area contributed by atoms with E-state index in [0.29, 0.717) is 5.91 Å². The molecule has 6 nitrogen and oxygen atoms in total. The van der Waals surface area contributed by atoms with Crippen molar-refractivity contribution >= 4 is 17.6 Å². The number of carboxylic acid groups (broad SMARTS) is 1. The second-order valence-electron chi connectivity index (χ2n) is 7.31. The molecule has 4 rings (SSSR count). The van der Waals surface area contributed by atoms with Crippen LogP contribution in [0.3, 0.4) is 0 Å². The van der Waals surface area contributed by atoms with Crippen LogP contribution in [0.25, 0.3) is 0 Å². The lowest BCUT2D eigenvalue weighted by Gasteiger charge is -2.38. The summed E-state index contributed by atoms with van der Waals surface area (Å²) in [5.41, 5.74) is 2.02. The first-order chi connectivity index (χ1) is 14.2. The Morgan fingerprint density at radius 2 is 1.80 bits per heavy atom. The fourth-order valence-electron chi connectivity index (χ4n) is 4.11. The van der Waals surface area contributed by atoms with Gasteiger partial charge in [-0.15, -0.1) is 0 Å². The number of aliphatic carboxylic acids is 1. The number of piperidine rings is 1. The quantitative estimate of drug-likeness (QED) is 0.811. The molecule has 1 aromatic carbocycles. The van der Waals surface area contributed by atoms with Gasteiger partial charge in [0.1, 0.15) is 5.76 Å². The van der Waals surface area contributed by atoms with Crippen molar-refractivity contribution in [3.05, 3.63) is 54.0 Å². The third kappa shape index (κ3) is 4.21. The highest BCUT2D eigenvalue weighted by atomic mass is 19.4. The SMILES string of the molecule is CCN1C(=O)C2(CCN(Cc3ccco3)CC2)c2ccccc21.O=C(O)C(F)(F)F. The number of hydrogen-bond donors (Lipinski definition) is 1.